The van der Waals surface area contributed by atoms with Crippen molar-refractivity contribution in [3.63, 3.8) is 0 Å². The lowest BCUT2D eigenvalue weighted by Gasteiger charge is -2.16. The molecular weight excluding hydrogens is 426 g/mol. The maximum absolute atomic E-state index is 12.7. The number of nitrogens with zero attached hydrogens (tertiary/aromatic N) is 3. The molecule has 1 aromatic heterocycles. The van der Waals surface area contributed by atoms with Gasteiger partial charge in [-0.15, -0.1) is 0 Å². The zero-order valence-corrected chi connectivity index (χ0v) is 16.7. The lowest BCUT2D eigenvalue weighted by Crippen LogP contribution is -2.24. The van der Waals surface area contributed by atoms with E-state index in [0.717, 1.165) is 6.26 Å². The molecule has 8 nitrogen and oxygen atoms in total. The molecule has 1 aliphatic rings. The molecule has 2 aromatic rings. The van der Waals surface area contributed by atoms with Gasteiger partial charge in [0.25, 0.3) is 0 Å². The van der Waals surface area contributed by atoms with E-state index in [0.29, 0.717) is 40.0 Å². The van der Waals surface area contributed by atoms with E-state index in [9.17, 15) is 13.2 Å². The number of rotatable bonds is 4. The molecule has 0 fully saturated rings. The first-order valence-electron chi connectivity index (χ1n) is 7.60. The predicted octanol–water partition coefficient (Wildman–Crippen LogP) is 1.84. The van der Waals surface area contributed by atoms with Crippen LogP contribution in [0.5, 0.6) is 5.75 Å². The molecular formula is C16H16BrN3O5S. The van der Waals surface area contributed by atoms with E-state index < -0.39 is 15.4 Å². The molecule has 26 heavy (non-hydrogen) atoms. The van der Waals surface area contributed by atoms with Crippen LogP contribution in [-0.2, 0) is 14.7 Å². The van der Waals surface area contributed by atoms with Crippen LogP contribution in [0.15, 0.2) is 37.6 Å². The Bertz CT molecular complexity index is 1080. The molecule has 0 aliphatic carbocycles. The van der Waals surface area contributed by atoms with Gasteiger partial charge in [0.2, 0.25) is 5.75 Å². The van der Waals surface area contributed by atoms with Crippen LogP contribution in [0, 0.1) is 6.92 Å². The standard InChI is InChI=1S/C16H16BrN3O5S/c1-9-12(20-16(21)15(24-2)10(17)8-18-20)4-5-13(26(3,22)23)14(9)11-6-7-25-19-11/h4-5,8H,6-7H2,1-3H3. The lowest BCUT2D eigenvalue weighted by atomic mass is 10.0. The molecule has 0 radical (unpaired) electrons. The third-order valence-electron chi connectivity index (χ3n) is 4.01. The number of methoxy groups -OCH3 is 1. The lowest BCUT2D eigenvalue weighted by molar-refractivity contribution is 0.174. The van der Waals surface area contributed by atoms with Gasteiger partial charge >= 0.3 is 5.56 Å². The van der Waals surface area contributed by atoms with Gasteiger partial charge in [0, 0.05) is 18.2 Å². The van der Waals surface area contributed by atoms with Crippen molar-refractivity contribution < 1.29 is 18.0 Å². The average molecular weight is 442 g/mol. The quantitative estimate of drug-likeness (QED) is 0.717. The summed E-state index contributed by atoms with van der Waals surface area (Å²) < 4.78 is 31.2. The Kier molecular flexibility index (Phi) is 4.89. The van der Waals surface area contributed by atoms with E-state index in [-0.39, 0.29) is 10.6 Å². The largest absolute Gasteiger partial charge is 0.490 e. The third-order valence-corrected chi connectivity index (χ3v) is 5.72. The van der Waals surface area contributed by atoms with Gasteiger partial charge in [-0.05, 0) is 40.5 Å². The van der Waals surface area contributed by atoms with E-state index in [4.69, 9.17) is 9.57 Å². The highest BCUT2D eigenvalue weighted by atomic mass is 79.9. The van der Waals surface area contributed by atoms with Crippen molar-refractivity contribution in [2.45, 2.75) is 18.2 Å². The summed E-state index contributed by atoms with van der Waals surface area (Å²) >= 11 is 3.22. The second-order valence-corrected chi connectivity index (χ2v) is 8.56. The first-order valence-corrected chi connectivity index (χ1v) is 10.3. The fourth-order valence-corrected chi connectivity index (χ4v) is 4.21. The highest BCUT2D eigenvalue weighted by Gasteiger charge is 2.25. The molecule has 0 unspecified atom stereocenters. The average Bonchev–Trinajstić information content (AvgIpc) is 3.09. The maximum Gasteiger partial charge on any atom is 0.314 e. The number of sulfone groups is 1. The van der Waals surface area contributed by atoms with Crippen LogP contribution in [0.4, 0.5) is 0 Å². The number of halogens is 1. The molecule has 0 amide bonds. The van der Waals surface area contributed by atoms with Crippen LogP contribution in [0.1, 0.15) is 17.5 Å². The summed E-state index contributed by atoms with van der Waals surface area (Å²) in [6.07, 6.45) is 3.06. The zero-order chi connectivity index (χ0) is 19.1. The molecule has 0 N–H and O–H groups in total. The molecule has 0 saturated carbocycles. The normalized spacial score (nSPS) is 14.1. The fourth-order valence-electron chi connectivity index (χ4n) is 2.83. The molecule has 2 heterocycles. The Balaban J connectivity index is 2.33. The van der Waals surface area contributed by atoms with Gasteiger partial charge in [0.05, 0.1) is 34.1 Å². The molecule has 1 aromatic carbocycles. The first kappa shape index (κ1) is 18.6. The van der Waals surface area contributed by atoms with E-state index >= 15 is 0 Å². The van der Waals surface area contributed by atoms with Crippen molar-refractivity contribution in [2.24, 2.45) is 5.16 Å². The summed E-state index contributed by atoms with van der Waals surface area (Å²) in [4.78, 5) is 17.8. The van der Waals surface area contributed by atoms with Crippen molar-refractivity contribution in [3.05, 3.63) is 44.3 Å². The molecule has 138 valence electrons. The van der Waals surface area contributed by atoms with Crippen molar-refractivity contribution in [3.8, 4) is 11.4 Å². The Morgan fingerprint density at radius 3 is 2.65 bits per heavy atom. The number of ether oxygens (including phenoxy) is 1. The molecule has 1 aliphatic heterocycles. The summed E-state index contributed by atoms with van der Waals surface area (Å²) in [5.74, 6) is 0.106. The summed E-state index contributed by atoms with van der Waals surface area (Å²) in [5, 5.41) is 8.09. The Hall–Kier alpha value is -2.20. The highest BCUT2D eigenvalue weighted by molar-refractivity contribution is 9.10. The molecule has 0 saturated heterocycles. The number of hydrogen-bond acceptors (Lipinski definition) is 7. The molecule has 3 rings (SSSR count). The molecule has 10 heteroatoms. The second kappa shape index (κ2) is 6.84. The summed E-state index contributed by atoms with van der Waals surface area (Å²) in [5.41, 5.74) is 1.52. The zero-order valence-electron chi connectivity index (χ0n) is 14.3. The van der Waals surface area contributed by atoms with E-state index in [1.165, 1.54) is 24.1 Å². The van der Waals surface area contributed by atoms with Gasteiger partial charge in [-0.25, -0.2) is 8.42 Å². The molecule has 0 bridgehead atoms. The van der Waals surface area contributed by atoms with Crippen LogP contribution in [-0.4, -0.2) is 43.9 Å². The Morgan fingerprint density at radius 2 is 2.08 bits per heavy atom. The van der Waals surface area contributed by atoms with Crippen LogP contribution < -0.4 is 10.3 Å². The minimum atomic E-state index is -3.50. The third kappa shape index (κ3) is 3.14. The number of oxime groups is 1. The fraction of sp³-hybridized carbons (Fsp3) is 0.312. The monoisotopic (exact) mass is 441 g/mol. The van der Waals surface area contributed by atoms with Gasteiger partial charge in [-0.1, -0.05) is 5.16 Å². The van der Waals surface area contributed by atoms with Gasteiger partial charge in [-0.2, -0.15) is 9.78 Å². The van der Waals surface area contributed by atoms with Crippen LogP contribution in [0.2, 0.25) is 0 Å². The van der Waals surface area contributed by atoms with Gasteiger partial charge < -0.3 is 9.57 Å². The van der Waals surface area contributed by atoms with Crippen LogP contribution in [0.25, 0.3) is 5.69 Å². The van der Waals surface area contributed by atoms with Crippen molar-refractivity contribution in [1.82, 2.24) is 9.78 Å². The second-order valence-electron chi connectivity index (χ2n) is 5.72. The number of aromatic nitrogens is 2. The number of benzene rings is 1. The van der Waals surface area contributed by atoms with E-state index in [1.54, 1.807) is 13.0 Å². The molecule has 0 spiro atoms. The van der Waals surface area contributed by atoms with E-state index in [2.05, 4.69) is 26.2 Å². The van der Waals surface area contributed by atoms with Crippen LogP contribution >= 0.6 is 15.9 Å². The maximum atomic E-state index is 12.7. The Morgan fingerprint density at radius 1 is 1.35 bits per heavy atom. The smallest absolute Gasteiger partial charge is 0.314 e. The van der Waals surface area contributed by atoms with Gasteiger partial charge in [0.15, 0.2) is 9.84 Å². The van der Waals surface area contributed by atoms with Crippen molar-refractivity contribution >= 4 is 31.5 Å². The predicted molar refractivity (Wildman–Crippen MR) is 99.0 cm³/mol. The van der Waals surface area contributed by atoms with Gasteiger partial charge in [-0.3, -0.25) is 4.79 Å². The Labute approximate surface area is 158 Å². The number of hydrogen-bond donors (Lipinski definition) is 0. The van der Waals surface area contributed by atoms with Crippen LogP contribution in [0.3, 0.4) is 0 Å². The topological polar surface area (TPSA) is 99.9 Å². The SMILES string of the molecule is COc1c(Br)cnn(-c2ccc(S(C)(=O)=O)c(C3=NOCC3)c2C)c1=O. The summed E-state index contributed by atoms with van der Waals surface area (Å²) in [7, 11) is -2.11. The minimum Gasteiger partial charge on any atom is -0.490 e. The first-order chi connectivity index (χ1) is 12.3. The van der Waals surface area contributed by atoms with E-state index in [1.807, 2.05) is 0 Å². The summed E-state index contributed by atoms with van der Waals surface area (Å²) in [6.45, 7) is 2.11. The van der Waals surface area contributed by atoms with Crippen molar-refractivity contribution in [2.75, 3.05) is 20.0 Å². The minimum absolute atomic E-state index is 0.106. The molecule has 0 atom stereocenters. The summed E-state index contributed by atoms with van der Waals surface area (Å²) in [6, 6.07) is 3.00. The van der Waals surface area contributed by atoms with Gasteiger partial charge in [0.1, 0.15) is 6.61 Å². The highest BCUT2D eigenvalue weighted by Crippen LogP contribution is 2.28. The van der Waals surface area contributed by atoms with Crippen molar-refractivity contribution in [1.29, 1.82) is 0 Å².